The second-order valence-electron chi connectivity index (χ2n) is 11.1. The first kappa shape index (κ1) is 29.0. The number of benzene rings is 2. The Hall–Kier alpha value is -3.56. The van der Waals surface area contributed by atoms with Crippen LogP contribution in [-0.4, -0.2) is 66.0 Å². The molecule has 1 N–H and O–H groups in total. The number of pyridine rings is 1. The third-order valence-corrected chi connectivity index (χ3v) is 8.56. The van der Waals surface area contributed by atoms with E-state index in [1.807, 2.05) is 43.9 Å². The van der Waals surface area contributed by atoms with Crippen molar-refractivity contribution in [3.8, 4) is 0 Å². The van der Waals surface area contributed by atoms with Crippen LogP contribution in [0.15, 0.2) is 48.7 Å². The molecule has 5 rings (SSSR count). The molecule has 3 amide bonds. The van der Waals surface area contributed by atoms with Crippen molar-refractivity contribution >= 4 is 34.9 Å². The molecule has 3 heterocycles. The molecule has 10 heteroatoms. The maximum absolute atomic E-state index is 13.7. The maximum atomic E-state index is 13.7. The zero-order valence-electron chi connectivity index (χ0n) is 23.5. The number of urea groups is 1. The van der Waals surface area contributed by atoms with E-state index in [0.717, 1.165) is 61.7 Å². The molecule has 2 aliphatic heterocycles. The number of halogens is 3. The van der Waals surface area contributed by atoms with Crippen molar-refractivity contribution in [2.24, 2.45) is 11.8 Å². The van der Waals surface area contributed by atoms with Crippen LogP contribution in [0.4, 0.5) is 25.0 Å². The lowest BCUT2D eigenvalue weighted by molar-refractivity contribution is 0.0772. The normalized spacial score (nSPS) is 18.4. The highest BCUT2D eigenvalue weighted by atomic mass is 35.5. The fraction of sp³-hybridized carbons (Fsp3) is 0.387. The van der Waals surface area contributed by atoms with E-state index in [1.165, 1.54) is 6.07 Å². The standard InChI is InChI=1S/C31H34ClF2N5O2/c1-19-5-7-25(14-26(19)32)39(31(41)36-24-6-8-27(33)28(34)13-24)12-4-11-37-15-22-17-38(18-23(22)16-37)30(40)29-20(2)9-10-35-21(29)3/h5-10,13-14,22-23H,4,11-12,15-18H2,1-3H3,(H,36,41). The molecule has 1 aromatic heterocycles. The average molecular weight is 582 g/mol. The maximum Gasteiger partial charge on any atom is 0.326 e. The second-order valence-corrected chi connectivity index (χ2v) is 11.5. The highest BCUT2D eigenvalue weighted by Gasteiger charge is 2.42. The van der Waals surface area contributed by atoms with Crippen LogP contribution >= 0.6 is 11.6 Å². The smallest absolute Gasteiger partial charge is 0.326 e. The van der Waals surface area contributed by atoms with Crippen LogP contribution in [0.3, 0.4) is 0 Å². The number of nitrogens with zero attached hydrogens (tertiary/aromatic N) is 4. The number of likely N-dealkylation sites (tertiary alicyclic amines) is 2. The van der Waals surface area contributed by atoms with Gasteiger partial charge in [0.15, 0.2) is 11.6 Å². The van der Waals surface area contributed by atoms with Crippen molar-refractivity contribution in [3.05, 3.63) is 87.7 Å². The van der Waals surface area contributed by atoms with Crippen LogP contribution in [0.1, 0.15) is 33.6 Å². The van der Waals surface area contributed by atoms with Crippen LogP contribution < -0.4 is 10.2 Å². The van der Waals surface area contributed by atoms with Crippen molar-refractivity contribution in [1.82, 2.24) is 14.8 Å². The summed E-state index contributed by atoms with van der Waals surface area (Å²) in [5, 5.41) is 3.21. The van der Waals surface area contributed by atoms with Crippen molar-refractivity contribution < 1.29 is 18.4 Å². The SMILES string of the molecule is Cc1ccc(N(CCCN2CC3CN(C(=O)c4c(C)ccnc4C)CC3C2)C(=O)Nc2ccc(F)c(F)c2)cc1Cl. The Balaban J connectivity index is 1.19. The molecule has 2 aromatic carbocycles. The average Bonchev–Trinajstić information content (AvgIpc) is 3.49. The molecular formula is C31H34ClF2N5O2. The molecule has 3 aromatic rings. The summed E-state index contributed by atoms with van der Waals surface area (Å²) in [4.78, 5) is 36.7. The zero-order chi connectivity index (χ0) is 29.3. The minimum atomic E-state index is -1.03. The highest BCUT2D eigenvalue weighted by Crippen LogP contribution is 2.33. The highest BCUT2D eigenvalue weighted by molar-refractivity contribution is 6.31. The third-order valence-electron chi connectivity index (χ3n) is 8.15. The summed E-state index contributed by atoms with van der Waals surface area (Å²) < 4.78 is 27.1. The Labute approximate surface area is 244 Å². The van der Waals surface area contributed by atoms with Gasteiger partial charge in [-0.05, 0) is 87.0 Å². The molecule has 2 saturated heterocycles. The number of anilines is 2. The molecular weight excluding hydrogens is 548 g/mol. The Morgan fingerprint density at radius 2 is 1.71 bits per heavy atom. The molecule has 2 unspecified atom stereocenters. The fourth-order valence-corrected chi connectivity index (χ4v) is 6.10. The van der Waals surface area contributed by atoms with Gasteiger partial charge in [-0.2, -0.15) is 0 Å². The summed E-state index contributed by atoms with van der Waals surface area (Å²) in [6.45, 7) is 10.2. The van der Waals surface area contributed by atoms with Crippen LogP contribution in [0.25, 0.3) is 0 Å². The lowest BCUT2D eigenvalue weighted by Crippen LogP contribution is -2.38. The summed E-state index contributed by atoms with van der Waals surface area (Å²) in [5.74, 6) is -1.11. The molecule has 0 radical (unpaired) electrons. The van der Waals surface area contributed by atoms with Crippen molar-refractivity contribution in [1.29, 1.82) is 0 Å². The van der Waals surface area contributed by atoms with Gasteiger partial charge in [0, 0.05) is 61.4 Å². The number of aromatic nitrogens is 1. The van der Waals surface area contributed by atoms with Gasteiger partial charge in [-0.25, -0.2) is 13.6 Å². The third kappa shape index (κ3) is 6.36. The topological polar surface area (TPSA) is 68.8 Å². The van der Waals surface area contributed by atoms with Crippen LogP contribution in [0.2, 0.25) is 5.02 Å². The number of nitrogens with one attached hydrogen (secondary N) is 1. The molecule has 41 heavy (non-hydrogen) atoms. The van der Waals surface area contributed by atoms with E-state index in [9.17, 15) is 18.4 Å². The lowest BCUT2D eigenvalue weighted by Gasteiger charge is -2.26. The van der Waals surface area contributed by atoms with Gasteiger partial charge in [0.1, 0.15) is 0 Å². The second kappa shape index (κ2) is 12.1. The Kier molecular flexibility index (Phi) is 8.56. The van der Waals surface area contributed by atoms with E-state index < -0.39 is 17.7 Å². The molecule has 0 saturated carbocycles. The van der Waals surface area contributed by atoms with Crippen molar-refractivity contribution in [2.45, 2.75) is 27.2 Å². The predicted molar refractivity (Wildman–Crippen MR) is 157 cm³/mol. The molecule has 7 nitrogen and oxygen atoms in total. The lowest BCUT2D eigenvalue weighted by atomic mass is 10.0. The molecule has 2 atom stereocenters. The monoisotopic (exact) mass is 581 g/mol. The predicted octanol–water partition coefficient (Wildman–Crippen LogP) is 6.07. The van der Waals surface area contributed by atoms with E-state index in [4.69, 9.17) is 11.6 Å². The van der Waals surface area contributed by atoms with E-state index in [2.05, 4.69) is 15.2 Å². The van der Waals surface area contributed by atoms with Gasteiger partial charge >= 0.3 is 6.03 Å². The van der Waals surface area contributed by atoms with E-state index in [0.29, 0.717) is 41.1 Å². The number of hydrogen-bond acceptors (Lipinski definition) is 4. The molecule has 216 valence electrons. The Bertz CT molecular complexity index is 1430. The molecule has 0 spiro atoms. The van der Waals surface area contributed by atoms with E-state index in [-0.39, 0.29) is 11.6 Å². The van der Waals surface area contributed by atoms with Gasteiger partial charge in [0.25, 0.3) is 5.91 Å². The number of aryl methyl sites for hydroxylation is 3. The summed E-state index contributed by atoms with van der Waals surface area (Å²) in [6.07, 6.45) is 2.44. The quantitative estimate of drug-likeness (QED) is 0.368. The fourth-order valence-electron chi connectivity index (χ4n) is 5.93. The number of hydrogen-bond donors (Lipinski definition) is 1. The van der Waals surface area contributed by atoms with Gasteiger partial charge in [-0.1, -0.05) is 17.7 Å². The molecule has 2 aliphatic rings. The Morgan fingerprint density at radius 3 is 2.37 bits per heavy atom. The summed E-state index contributed by atoms with van der Waals surface area (Å²) in [5.41, 5.74) is 4.11. The Morgan fingerprint density at radius 1 is 0.976 bits per heavy atom. The number of amides is 3. The van der Waals surface area contributed by atoms with Crippen LogP contribution in [0.5, 0.6) is 0 Å². The molecule has 0 aliphatic carbocycles. The van der Waals surface area contributed by atoms with Crippen LogP contribution in [-0.2, 0) is 0 Å². The minimum Gasteiger partial charge on any atom is -0.338 e. The summed E-state index contributed by atoms with van der Waals surface area (Å²) in [6, 6.07) is 10.1. The molecule has 2 fully saturated rings. The van der Waals surface area contributed by atoms with Gasteiger partial charge in [-0.3, -0.25) is 14.7 Å². The first-order chi connectivity index (χ1) is 19.6. The van der Waals surface area contributed by atoms with E-state index >= 15 is 0 Å². The van der Waals surface area contributed by atoms with Gasteiger partial charge < -0.3 is 15.1 Å². The number of carbonyl (C=O) groups excluding carboxylic acids is 2. The minimum absolute atomic E-state index is 0.0634. The zero-order valence-corrected chi connectivity index (χ0v) is 24.2. The first-order valence-corrected chi connectivity index (χ1v) is 14.2. The van der Waals surface area contributed by atoms with Gasteiger partial charge in [-0.15, -0.1) is 0 Å². The number of fused-ring (bicyclic) bond motifs is 1. The van der Waals surface area contributed by atoms with E-state index in [1.54, 1.807) is 17.2 Å². The summed E-state index contributed by atoms with van der Waals surface area (Å²) >= 11 is 6.35. The van der Waals surface area contributed by atoms with Gasteiger partial charge in [0.05, 0.1) is 11.3 Å². The number of carbonyl (C=O) groups is 2. The van der Waals surface area contributed by atoms with Crippen molar-refractivity contribution in [3.63, 3.8) is 0 Å². The number of rotatable bonds is 7. The largest absolute Gasteiger partial charge is 0.338 e. The van der Waals surface area contributed by atoms with Crippen LogP contribution in [0, 0.1) is 44.2 Å². The van der Waals surface area contributed by atoms with Crippen molar-refractivity contribution in [2.75, 3.05) is 49.5 Å². The van der Waals surface area contributed by atoms with Gasteiger partial charge in [0.2, 0.25) is 0 Å². The molecule has 0 bridgehead atoms. The summed E-state index contributed by atoms with van der Waals surface area (Å²) in [7, 11) is 0. The first-order valence-electron chi connectivity index (χ1n) is 13.8.